The number of carbonyl (C=O) groups is 3. The van der Waals surface area contributed by atoms with Crippen molar-refractivity contribution in [2.75, 3.05) is 6.79 Å². The van der Waals surface area contributed by atoms with Gasteiger partial charge in [0.25, 0.3) is 0 Å². The molecule has 0 heterocycles. The Labute approximate surface area is 92.5 Å². The second kappa shape index (κ2) is 10.7. The zero-order valence-corrected chi connectivity index (χ0v) is 8.55. The van der Waals surface area contributed by atoms with Gasteiger partial charge in [0.2, 0.25) is 6.79 Å². The van der Waals surface area contributed by atoms with E-state index in [1.807, 2.05) is 0 Å². The molecule has 0 aliphatic carbocycles. The van der Waals surface area contributed by atoms with E-state index in [1.165, 1.54) is 0 Å². The third-order valence-corrected chi connectivity index (χ3v) is 0.910. The van der Waals surface area contributed by atoms with E-state index in [0.717, 1.165) is 18.2 Å². The molecule has 1 N–H and O–H groups in total. The van der Waals surface area contributed by atoms with Crippen LogP contribution < -0.4 is 0 Å². The molecule has 0 spiro atoms. The van der Waals surface area contributed by atoms with E-state index in [2.05, 4.69) is 29.2 Å². The molecule has 0 bridgehead atoms. The molecule has 0 aromatic carbocycles. The Morgan fingerprint density at radius 1 is 0.938 bits per heavy atom. The number of rotatable bonds is 5. The maximum atomic E-state index is 10.3. The summed E-state index contributed by atoms with van der Waals surface area (Å²) in [6.45, 7) is 8.84. The topological polar surface area (TPSA) is 89.9 Å². The highest BCUT2D eigenvalue weighted by Gasteiger charge is 1.97. The summed E-state index contributed by atoms with van der Waals surface area (Å²) in [4.78, 5) is 29.9. The standard InChI is InChI=1S/C7H8O4.C3H4O2/c1-3-6(8)10-5-11-7(9)4-2;1-2-3(4)5/h3-4H,1-2,5H2;2H,1H2,(H,4,5). The zero-order valence-electron chi connectivity index (χ0n) is 8.55. The zero-order chi connectivity index (χ0) is 13.0. The third-order valence-electron chi connectivity index (χ3n) is 0.910. The van der Waals surface area contributed by atoms with Gasteiger partial charge in [0.05, 0.1) is 0 Å². The molecule has 0 aliphatic rings. The van der Waals surface area contributed by atoms with Crippen LogP contribution in [0.15, 0.2) is 38.0 Å². The van der Waals surface area contributed by atoms with E-state index in [0.29, 0.717) is 0 Å². The Balaban J connectivity index is 0. The van der Waals surface area contributed by atoms with Gasteiger partial charge in [-0.05, 0) is 0 Å². The highest BCUT2D eigenvalue weighted by molar-refractivity contribution is 5.82. The van der Waals surface area contributed by atoms with Crippen LogP contribution in [0.1, 0.15) is 0 Å². The fraction of sp³-hybridized carbons (Fsp3) is 0.100. The largest absolute Gasteiger partial charge is 0.478 e. The molecule has 0 aromatic rings. The first-order chi connectivity index (χ1) is 7.47. The summed E-state index contributed by atoms with van der Waals surface area (Å²) in [6, 6.07) is 0. The third kappa shape index (κ3) is 14.2. The van der Waals surface area contributed by atoms with Gasteiger partial charge in [-0.1, -0.05) is 19.7 Å². The van der Waals surface area contributed by atoms with Crippen LogP contribution in [0.3, 0.4) is 0 Å². The van der Waals surface area contributed by atoms with Gasteiger partial charge in [-0.25, -0.2) is 14.4 Å². The monoisotopic (exact) mass is 228 g/mol. The second-order valence-corrected chi connectivity index (χ2v) is 2.00. The minimum atomic E-state index is -0.981. The van der Waals surface area contributed by atoms with Crippen LogP contribution in [0.4, 0.5) is 0 Å². The van der Waals surface area contributed by atoms with E-state index in [4.69, 9.17) is 5.11 Å². The van der Waals surface area contributed by atoms with Gasteiger partial charge >= 0.3 is 17.9 Å². The van der Waals surface area contributed by atoms with Crippen LogP contribution in [0.5, 0.6) is 0 Å². The van der Waals surface area contributed by atoms with E-state index >= 15 is 0 Å². The molecule has 0 atom stereocenters. The van der Waals surface area contributed by atoms with Gasteiger partial charge in [-0.2, -0.15) is 0 Å². The molecule has 0 unspecified atom stereocenters. The van der Waals surface area contributed by atoms with Crippen LogP contribution in [-0.4, -0.2) is 29.8 Å². The number of hydrogen-bond acceptors (Lipinski definition) is 5. The van der Waals surface area contributed by atoms with Crippen LogP contribution in [0.25, 0.3) is 0 Å². The van der Waals surface area contributed by atoms with Crippen LogP contribution >= 0.6 is 0 Å². The molecule has 6 heteroatoms. The number of esters is 2. The Kier molecular flexibility index (Phi) is 10.8. The molecular weight excluding hydrogens is 216 g/mol. The van der Waals surface area contributed by atoms with Crippen LogP contribution in [-0.2, 0) is 23.9 Å². The highest BCUT2D eigenvalue weighted by atomic mass is 16.7. The minimum absolute atomic E-state index is 0.407. The van der Waals surface area contributed by atoms with Gasteiger partial charge < -0.3 is 14.6 Å². The van der Waals surface area contributed by atoms with Gasteiger partial charge in [-0.15, -0.1) is 0 Å². The van der Waals surface area contributed by atoms with E-state index in [1.54, 1.807) is 0 Å². The first kappa shape index (κ1) is 16.1. The molecule has 16 heavy (non-hydrogen) atoms. The number of ether oxygens (including phenoxy) is 2. The molecule has 0 amide bonds. The van der Waals surface area contributed by atoms with Crippen molar-refractivity contribution in [3.05, 3.63) is 38.0 Å². The minimum Gasteiger partial charge on any atom is -0.478 e. The first-order valence-electron chi connectivity index (χ1n) is 3.91. The summed E-state index contributed by atoms with van der Waals surface area (Å²) in [7, 11) is 0. The van der Waals surface area contributed by atoms with Crippen molar-refractivity contribution in [3.8, 4) is 0 Å². The van der Waals surface area contributed by atoms with Crippen molar-refractivity contribution < 1.29 is 29.0 Å². The maximum absolute atomic E-state index is 10.3. The molecule has 0 radical (unpaired) electrons. The molecule has 6 nitrogen and oxygen atoms in total. The predicted octanol–water partition coefficient (Wildman–Crippen LogP) is 0.659. The van der Waals surface area contributed by atoms with Gasteiger partial charge in [0, 0.05) is 18.2 Å². The maximum Gasteiger partial charge on any atom is 0.333 e. The first-order valence-corrected chi connectivity index (χ1v) is 3.91. The van der Waals surface area contributed by atoms with Crippen molar-refractivity contribution in [2.24, 2.45) is 0 Å². The Bertz CT molecular complexity index is 272. The molecule has 0 saturated carbocycles. The Hall–Kier alpha value is -2.37. The fourth-order valence-electron chi connectivity index (χ4n) is 0.263. The molecule has 0 rings (SSSR count). The summed E-state index contributed by atoms with van der Waals surface area (Å²) in [5.74, 6) is -2.26. The van der Waals surface area contributed by atoms with E-state index in [-0.39, 0.29) is 0 Å². The lowest BCUT2D eigenvalue weighted by Gasteiger charge is -2.00. The average Bonchev–Trinajstić information content (AvgIpc) is 2.29. The lowest BCUT2D eigenvalue weighted by atomic mass is 10.7. The number of aliphatic carboxylic acids is 1. The number of hydrogen-bond donors (Lipinski definition) is 1. The Morgan fingerprint density at radius 3 is 1.44 bits per heavy atom. The van der Waals surface area contributed by atoms with Crippen molar-refractivity contribution >= 4 is 17.9 Å². The number of carboxylic acid groups (broad SMARTS) is 1. The smallest absolute Gasteiger partial charge is 0.333 e. The molecule has 0 aliphatic heterocycles. The quantitative estimate of drug-likeness (QED) is 0.422. The summed E-state index contributed by atoms with van der Waals surface area (Å²) in [5.41, 5.74) is 0. The molecule has 0 fully saturated rings. The summed E-state index contributed by atoms with van der Waals surface area (Å²) in [5, 5.41) is 7.60. The van der Waals surface area contributed by atoms with Crippen molar-refractivity contribution in [1.82, 2.24) is 0 Å². The normalized spacial score (nSPS) is 7.50. The van der Waals surface area contributed by atoms with Crippen molar-refractivity contribution in [3.63, 3.8) is 0 Å². The average molecular weight is 228 g/mol. The summed E-state index contributed by atoms with van der Waals surface area (Å²) >= 11 is 0. The molecular formula is C10H12O6. The van der Waals surface area contributed by atoms with Crippen LogP contribution in [0.2, 0.25) is 0 Å². The fourth-order valence-corrected chi connectivity index (χ4v) is 0.263. The molecule has 88 valence electrons. The van der Waals surface area contributed by atoms with Crippen molar-refractivity contribution in [1.29, 1.82) is 0 Å². The van der Waals surface area contributed by atoms with Gasteiger partial charge in [0.15, 0.2) is 0 Å². The number of carboxylic acids is 1. The molecule has 0 aromatic heterocycles. The van der Waals surface area contributed by atoms with Gasteiger partial charge in [0.1, 0.15) is 0 Å². The van der Waals surface area contributed by atoms with Crippen molar-refractivity contribution in [2.45, 2.75) is 0 Å². The van der Waals surface area contributed by atoms with E-state index < -0.39 is 24.7 Å². The highest BCUT2D eigenvalue weighted by Crippen LogP contribution is 1.83. The predicted molar refractivity (Wildman–Crippen MR) is 55.3 cm³/mol. The number of carbonyl (C=O) groups excluding carboxylic acids is 2. The second-order valence-electron chi connectivity index (χ2n) is 2.00. The SMILES string of the molecule is C=CC(=O)O.C=CC(=O)OCOC(=O)C=C. The Morgan fingerprint density at radius 2 is 1.25 bits per heavy atom. The lowest BCUT2D eigenvalue weighted by molar-refractivity contribution is -0.160. The van der Waals surface area contributed by atoms with Gasteiger partial charge in [-0.3, -0.25) is 0 Å². The summed E-state index contributed by atoms with van der Waals surface area (Å²) in [6.07, 6.45) is 2.78. The van der Waals surface area contributed by atoms with E-state index in [9.17, 15) is 14.4 Å². The van der Waals surface area contributed by atoms with Crippen LogP contribution in [0, 0.1) is 0 Å². The lowest BCUT2D eigenvalue weighted by Crippen LogP contribution is -2.08. The summed E-state index contributed by atoms with van der Waals surface area (Å²) < 4.78 is 8.63. The molecule has 0 saturated heterocycles.